The average Bonchev–Trinajstić information content (AvgIpc) is 3.39. The summed E-state index contributed by atoms with van der Waals surface area (Å²) in [7, 11) is 1.63. The minimum Gasteiger partial charge on any atom is -0.332 e. The molecule has 4 rings (SSSR count). The highest BCUT2D eigenvalue weighted by molar-refractivity contribution is 6.01. The van der Waals surface area contributed by atoms with Gasteiger partial charge in [-0.15, -0.1) is 5.10 Å². The third-order valence-electron chi connectivity index (χ3n) is 5.86. The van der Waals surface area contributed by atoms with Crippen molar-refractivity contribution in [1.29, 1.82) is 0 Å². The monoisotopic (exact) mass is 405 g/mol. The highest BCUT2D eigenvalue weighted by Crippen LogP contribution is 2.31. The molecular weight excluding hydrogens is 378 g/mol. The lowest BCUT2D eigenvalue weighted by atomic mass is 10.1. The molecule has 7 nitrogen and oxygen atoms in total. The van der Waals surface area contributed by atoms with Crippen molar-refractivity contribution in [3.63, 3.8) is 0 Å². The molecule has 1 aromatic heterocycles. The molecule has 1 N–H and O–H groups in total. The molecule has 156 valence electrons. The first-order chi connectivity index (χ1) is 14.4. The third kappa shape index (κ3) is 3.92. The molecule has 0 saturated heterocycles. The van der Waals surface area contributed by atoms with Crippen LogP contribution in [0, 0.1) is 13.8 Å². The number of aryl methyl sites for hydroxylation is 2. The number of amides is 2. The molecule has 2 amide bonds. The fraction of sp³-hybridized carbons (Fsp3) is 0.391. The van der Waals surface area contributed by atoms with Gasteiger partial charge in [-0.05, 0) is 56.0 Å². The molecule has 7 heteroatoms. The average molecular weight is 406 g/mol. The summed E-state index contributed by atoms with van der Waals surface area (Å²) < 4.78 is 1.98. The number of likely N-dealkylation sites (N-methyl/N-ethyl adjacent to an activating group) is 1. The Hall–Kier alpha value is -3.22. The van der Waals surface area contributed by atoms with Crippen molar-refractivity contribution >= 4 is 28.5 Å². The maximum atomic E-state index is 12.9. The molecule has 2 aromatic carbocycles. The van der Waals surface area contributed by atoms with Gasteiger partial charge in [0.25, 0.3) is 5.91 Å². The molecule has 0 unspecified atom stereocenters. The molecule has 0 spiro atoms. The van der Waals surface area contributed by atoms with E-state index in [1.807, 2.05) is 42.8 Å². The summed E-state index contributed by atoms with van der Waals surface area (Å²) in [6, 6.07) is 11.7. The largest absolute Gasteiger partial charge is 0.332 e. The molecule has 0 atom stereocenters. The maximum absolute atomic E-state index is 12.9. The number of carbonyl (C=O) groups is 2. The van der Waals surface area contributed by atoms with E-state index in [2.05, 4.69) is 15.6 Å². The van der Waals surface area contributed by atoms with E-state index in [1.165, 1.54) is 17.7 Å². The Morgan fingerprint density at radius 1 is 1.13 bits per heavy atom. The Morgan fingerprint density at radius 3 is 2.53 bits per heavy atom. The molecule has 1 heterocycles. The van der Waals surface area contributed by atoms with Gasteiger partial charge in [0.2, 0.25) is 5.91 Å². The number of benzene rings is 2. The summed E-state index contributed by atoms with van der Waals surface area (Å²) >= 11 is 0. The summed E-state index contributed by atoms with van der Waals surface area (Å²) in [6.07, 6.45) is 4.68. The van der Waals surface area contributed by atoms with Crippen LogP contribution in [-0.4, -0.2) is 45.3 Å². The molecule has 0 radical (unpaired) electrons. The van der Waals surface area contributed by atoms with E-state index in [0.717, 1.165) is 35.2 Å². The van der Waals surface area contributed by atoms with E-state index in [1.54, 1.807) is 19.2 Å². The van der Waals surface area contributed by atoms with Crippen molar-refractivity contribution in [3.8, 4) is 0 Å². The molecule has 1 saturated carbocycles. The van der Waals surface area contributed by atoms with Crippen LogP contribution >= 0.6 is 0 Å². The first-order valence-electron chi connectivity index (χ1n) is 10.4. The number of anilines is 1. The van der Waals surface area contributed by atoms with Crippen molar-refractivity contribution in [1.82, 2.24) is 19.9 Å². The van der Waals surface area contributed by atoms with E-state index in [9.17, 15) is 9.59 Å². The second kappa shape index (κ2) is 8.26. The molecule has 1 fully saturated rings. The summed E-state index contributed by atoms with van der Waals surface area (Å²) in [4.78, 5) is 26.8. The smallest absolute Gasteiger partial charge is 0.254 e. The Labute approximate surface area is 176 Å². The zero-order valence-corrected chi connectivity index (χ0v) is 17.7. The van der Waals surface area contributed by atoms with Gasteiger partial charge in [-0.3, -0.25) is 9.59 Å². The van der Waals surface area contributed by atoms with Crippen LogP contribution in [0.2, 0.25) is 0 Å². The Morgan fingerprint density at radius 2 is 1.83 bits per heavy atom. The number of aromatic nitrogens is 3. The lowest BCUT2D eigenvalue weighted by Gasteiger charge is -2.18. The van der Waals surface area contributed by atoms with Gasteiger partial charge in [-0.25, -0.2) is 4.68 Å². The second-order valence-corrected chi connectivity index (χ2v) is 8.15. The van der Waals surface area contributed by atoms with Crippen molar-refractivity contribution in [2.45, 2.75) is 45.6 Å². The Bertz CT molecular complexity index is 1080. The van der Waals surface area contributed by atoms with E-state index in [0.29, 0.717) is 17.1 Å². The normalized spacial score (nSPS) is 14.2. The van der Waals surface area contributed by atoms with Crippen molar-refractivity contribution in [3.05, 3.63) is 53.1 Å². The van der Waals surface area contributed by atoms with Gasteiger partial charge in [0, 0.05) is 18.3 Å². The fourth-order valence-corrected chi connectivity index (χ4v) is 4.19. The van der Waals surface area contributed by atoms with Crippen LogP contribution < -0.4 is 5.32 Å². The second-order valence-electron chi connectivity index (χ2n) is 8.15. The van der Waals surface area contributed by atoms with E-state index in [-0.39, 0.29) is 18.4 Å². The SMILES string of the molecule is Cc1cccc(C)c1NC(=O)CN(C)C(=O)c1ccc2c(c1)nnn2C1CCCC1. The first-order valence-corrected chi connectivity index (χ1v) is 10.4. The van der Waals surface area contributed by atoms with Crippen molar-refractivity contribution < 1.29 is 9.59 Å². The minimum absolute atomic E-state index is 0.0284. The van der Waals surface area contributed by atoms with Gasteiger partial charge in [-0.1, -0.05) is 36.3 Å². The van der Waals surface area contributed by atoms with E-state index in [4.69, 9.17) is 0 Å². The van der Waals surface area contributed by atoms with Gasteiger partial charge in [-0.2, -0.15) is 0 Å². The zero-order valence-electron chi connectivity index (χ0n) is 17.7. The standard InChI is InChI=1S/C23H27N5O2/c1-15-7-6-8-16(2)22(15)24-21(29)14-27(3)23(30)17-11-12-20-19(13-17)25-26-28(20)18-9-4-5-10-18/h6-8,11-13,18H,4-5,9-10,14H2,1-3H3,(H,24,29). The molecule has 1 aliphatic rings. The van der Waals surface area contributed by atoms with E-state index < -0.39 is 0 Å². The third-order valence-corrected chi connectivity index (χ3v) is 5.86. The number of fused-ring (bicyclic) bond motifs is 1. The van der Waals surface area contributed by atoms with Crippen LogP contribution in [0.4, 0.5) is 5.69 Å². The van der Waals surface area contributed by atoms with Gasteiger partial charge in [0.05, 0.1) is 18.1 Å². The van der Waals surface area contributed by atoms with Crippen molar-refractivity contribution in [2.24, 2.45) is 0 Å². The topological polar surface area (TPSA) is 80.1 Å². The Kier molecular flexibility index (Phi) is 5.53. The molecule has 0 bridgehead atoms. The number of carbonyl (C=O) groups excluding carboxylic acids is 2. The summed E-state index contributed by atoms with van der Waals surface area (Å²) in [5.41, 5.74) is 4.95. The van der Waals surface area contributed by atoms with Crippen LogP contribution in [0.25, 0.3) is 11.0 Å². The number of hydrogen-bond acceptors (Lipinski definition) is 4. The van der Waals surface area contributed by atoms with Crippen molar-refractivity contribution in [2.75, 3.05) is 18.9 Å². The number of nitrogens with zero attached hydrogens (tertiary/aromatic N) is 4. The predicted octanol–water partition coefficient (Wildman–Crippen LogP) is 3.87. The molecule has 1 aliphatic carbocycles. The number of hydrogen-bond donors (Lipinski definition) is 1. The molecule has 30 heavy (non-hydrogen) atoms. The molecular formula is C23H27N5O2. The van der Waals surface area contributed by atoms with Gasteiger partial charge in [0.15, 0.2) is 0 Å². The first kappa shape index (κ1) is 20.1. The highest BCUT2D eigenvalue weighted by Gasteiger charge is 2.22. The lowest BCUT2D eigenvalue weighted by molar-refractivity contribution is -0.116. The number of para-hydroxylation sites is 1. The van der Waals surface area contributed by atoms with Crippen LogP contribution in [0.1, 0.15) is 53.2 Å². The highest BCUT2D eigenvalue weighted by atomic mass is 16.2. The summed E-state index contributed by atoms with van der Waals surface area (Å²) in [6.45, 7) is 3.87. The van der Waals surface area contributed by atoms with Crippen LogP contribution in [0.5, 0.6) is 0 Å². The quantitative estimate of drug-likeness (QED) is 0.699. The number of nitrogens with one attached hydrogen (secondary N) is 1. The van der Waals surface area contributed by atoms with Crippen LogP contribution in [0.3, 0.4) is 0 Å². The lowest BCUT2D eigenvalue weighted by Crippen LogP contribution is -2.35. The number of rotatable bonds is 5. The van der Waals surface area contributed by atoms with Gasteiger partial charge < -0.3 is 10.2 Å². The van der Waals surface area contributed by atoms with Crippen LogP contribution in [-0.2, 0) is 4.79 Å². The van der Waals surface area contributed by atoms with Gasteiger partial charge >= 0.3 is 0 Å². The maximum Gasteiger partial charge on any atom is 0.254 e. The van der Waals surface area contributed by atoms with E-state index >= 15 is 0 Å². The Balaban J connectivity index is 1.45. The van der Waals surface area contributed by atoms with Crippen LogP contribution in [0.15, 0.2) is 36.4 Å². The molecule has 0 aliphatic heterocycles. The fourth-order valence-electron chi connectivity index (χ4n) is 4.19. The zero-order chi connectivity index (χ0) is 21.3. The summed E-state index contributed by atoms with van der Waals surface area (Å²) in [5, 5.41) is 11.5. The molecule has 3 aromatic rings. The summed E-state index contributed by atoms with van der Waals surface area (Å²) in [5.74, 6) is -0.444. The minimum atomic E-state index is -0.225. The predicted molar refractivity (Wildman–Crippen MR) is 117 cm³/mol. The van der Waals surface area contributed by atoms with Gasteiger partial charge in [0.1, 0.15) is 5.52 Å².